The third-order valence-electron chi connectivity index (χ3n) is 2.93. The average molecular weight is 287 g/mol. The van der Waals surface area contributed by atoms with Crippen molar-refractivity contribution in [1.29, 1.82) is 0 Å². The maximum atomic E-state index is 9.36. The van der Waals surface area contributed by atoms with E-state index in [9.17, 15) is 5.11 Å². The largest absolute Gasteiger partial charge is 0.394 e. The molecule has 4 nitrogen and oxygen atoms in total. The Balaban J connectivity index is 2.23. The molecule has 1 saturated heterocycles. The van der Waals surface area contributed by atoms with Gasteiger partial charge in [-0.25, -0.2) is 4.98 Å². The zero-order valence-electron chi connectivity index (χ0n) is 9.14. The second-order valence-electron chi connectivity index (χ2n) is 3.89. The summed E-state index contributed by atoms with van der Waals surface area (Å²) in [4.78, 5) is 6.44. The number of hydrogen-bond donors (Lipinski definition) is 1. The first-order valence-corrected chi connectivity index (χ1v) is 6.06. The van der Waals surface area contributed by atoms with E-state index in [4.69, 9.17) is 4.74 Å². The van der Waals surface area contributed by atoms with E-state index in [2.05, 4.69) is 25.8 Å². The molecule has 0 aliphatic carbocycles. The molecule has 1 aliphatic heterocycles. The van der Waals surface area contributed by atoms with Crippen LogP contribution >= 0.6 is 15.9 Å². The van der Waals surface area contributed by atoms with E-state index in [1.165, 1.54) is 0 Å². The van der Waals surface area contributed by atoms with Gasteiger partial charge in [-0.3, -0.25) is 0 Å². The number of halogens is 1. The standard InChI is InChI=1S/C11H15BrN2O2/c1-16-9-5-8(7-15)14(6-9)11-10(12)3-2-4-13-11/h2-4,8-9,15H,5-7H2,1H3/t8-,9-/m0/s1. The molecule has 0 unspecified atom stereocenters. The third kappa shape index (κ3) is 2.21. The van der Waals surface area contributed by atoms with Crippen molar-refractivity contribution in [3.05, 3.63) is 22.8 Å². The van der Waals surface area contributed by atoms with Gasteiger partial charge in [0.2, 0.25) is 0 Å². The number of ether oxygens (including phenoxy) is 1. The third-order valence-corrected chi connectivity index (χ3v) is 3.55. The van der Waals surface area contributed by atoms with Crippen LogP contribution in [0.4, 0.5) is 5.82 Å². The van der Waals surface area contributed by atoms with E-state index in [-0.39, 0.29) is 18.8 Å². The van der Waals surface area contributed by atoms with Crippen molar-refractivity contribution < 1.29 is 9.84 Å². The van der Waals surface area contributed by atoms with Crippen LogP contribution in [-0.2, 0) is 4.74 Å². The molecule has 0 bridgehead atoms. The molecule has 1 aliphatic rings. The Labute approximate surface area is 103 Å². The van der Waals surface area contributed by atoms with E-state index >= 15 is 0 Å². The molecule has 1 fully saturated rings. The Morgan fingerprint density at radius 2 is 2.50 bits per heavy atom. The van der Waals surface area contributed by atoms with Gasteiger partial charge in [0.15, 0.2) is 0 Å². The van der Waals surface area contributed by atoms with Gasteiger partial charge in [-0.1, -0.05) is 0 Å². The predicted octanol–water partition coefficient (Wildman–Crippen LogP) is 1.43. The molecule has 2 atom stereocenters. The molecule has 0 aromatic carbocycles. The van der Waals surface area contributed by atoms with Crippen LogP contribution in [0.15, 0.2) is 22.8 Å². The summed E-state index contributed by atoms with van der Waals surface area (Å²) in [5.41, 5.74) is 0. The minimum Gasteiger partial charge on any atom is -0.394 e. The summed E-state index contributed by atoms with van der Waals surface area (Å²) in [6, 6.07) is 3.93. The molecule has 0 spiro atoms. The summed E-state index contributed by atoms with van der Waals surface area (Å²) < 4.78 is 6.29. The number of aliphatic hydroxyl groups excluding tert-OH is 1. The quantitative estimate of drug-likeness (QED) is 0.913. The van der Waals surface area contributed by atoms with Crippen molar-refractivity contribution in [1.82, 2.24) is 4.98 Å². The fourth-order valence-corrected chi connectivity index (χ4v) is 2.55. The smallest absolute Gasteiger partial charge is 0.143 e. The number of aliphatic hydroxyl groups is 1. The molecule has 1 N–H and O–H groups in total. The maximum absolute atomic E-state index is 9.36. The summed E-state index contributed by atoms with van der Waals surface area (Å²) >= 11 is 3.48. The van der Waals surface area contributed by atoms with Crippen LogP contribution in [0.5, 0.6) is 0 Å². The fourth-order valence-electron chi connectivity index (χ4n) is 2.07. The Kier molecular flexibility index (Phi) is 3.78. The lowest BCUT2D eigenvalue weighted by atomic mass is 10.2. The van der Waals surface area contributed by atoms with E-state index in [0.29, 0.717) is 0 Å². The van der Waals surface area contributed by atoms with Crippen molar-refractivity contribution in [2.24, 2.45) is 0 Å². The highest BCUT2D eigenvalue weighted by molar-refractivity contribution is 9.10. The second-order valence-corrected chi connectivity index (χ2v) is 4.75. The number of nitrogens with zero attached hydrogens (tertiary/aromatic N) is 2. The summed E-state index contributed by atoms with van der Waals surface area (Å²) in [7, 11) is 1.70. The topological polar surface area (TPSA) is 45.6 Å². The molecule has 1 aromatic rings. The molecule has 0 amide bonds. The van der Waals surface area contributed by atoms with E-state index in [0.717, 1.165) is 23.3 Å². The van der Waals surface area contributed by atoms with Crippen LogP contribution in [0, 0.1) is 0 Å². The zero-order valence-corrected chi connectivity index (χ0v) is 10.7. The number of anilines is 1. The minimum absolute atomic E-state index is 0.0937. The van der Waals surface area contributed by atoms with Crippen molar-refractivity contribution in [2.45, 2.75) is 18.6 Å². The highest BCUT2D eigenvalue weighted by Crippen LogP contribution is 2.30. The zero-order chi connectivity index (χ0) is 11.5. The maximum Gasteiger partial charge on any atom is 0.143 e. The van der Waals surface area contributed by atoms with Gasteiger partial charge in [-0.2, -0.15) is 0 Å². The van der Waals surface area contributed by atoms with Crippen LogP contribution in [-0.4, -0.2) is 42.5 Å². The van der Waals surface area contributed by atoms with Crippen molar-refractivity contribution in [3.63, 3.8) is 0 Å². The Morgan fingerprint density at radius 3 is 3.12 bits per heavy atom. The van der Waals surface area contributed by atoms with Gasteiger partial charge in [-0.15, -0.1) is 0 Å². The Hall–Kier alpha value is -0.650. The van der Waals surface area contributed by atoms with Crippen molar-refractivity contribution in [3.8, 4) is 0 Å². The molecule has 0 radical (unpaired) electrons. The number of methoxy groups -OCH3 is 1. The van der Waals surface area contributed by atoms with Crippen LogP contribution in [0.1, 0.15) is 6.42 Å². The second kappa shape index (κ2) is 5.12. The summed E-state index contributed by atoms with van der Waals surface area (Å²) in [6.07, 6.45) is 2.77. The summed E-state index contributed by atoms with van der Waals surface area (Å²) in [5, 5.41) is 9.36. The van der Waals surface area contributed by atoms with E-state index in [1.807, 2.05) is 12.1 Å². The first-order valence-electron chi connectivity index (χ1n) is 5.27. The molecule has 16 heavy (non-hydrogen) atoms. The van der Waals surface area contributed by atoms with E-state index in [1.54, 1.807) is 13.3 Å². The molecule has 88 valence electrons. The molecule has 0 saturated carbocycles. The average Bonchev–Trinajstić information content (AvgIpc) is 2.72. The molecule has 1 aromatic heterocycles. The molecular weight excluding hydrogens is 272 g/mol. The SMILES string of the molecule is CO[C@H]1C[C@@H](CO)N(c2ncccc2Br)C1. The normalized spacial score (nSPS) is 25.1. The highest BCUT2D eigenvalue weighted by atomic mass is 79.9. The molecular formula is C11H15BrN2O2. The van der Waals surface area contributed by atoms with Crippen LogP contribution < -0.4 is 4.90 Å². The van der Waals surface area contributed by atoms with Gasteiger partial charge in [0.25, 0.3) is 0 Å². The monoisotopic (exact) mass is 286 g/mol. The fraction of sp³-hybridized carbons (Fsp3) is 0.545. The summed E-state index contributed by atoms with van der Waals surface area (Å²) in [5.74, 6) is 0.876. The molecule has 2 rings (SSSR count). The summed E-state index contributed by atoms with van der Waals surface area (Å²) in [6.45, 7) is 0.903. The Bertz CT molecular complexity index is 362. The molecule has 2 heterocycles. The van der Waals surface area contributed by atoms with Crippen LogP contribution in [0.2, 0.25) is 0 Å². The molecule has 5 heteroatoms. The van der Waals surface area contributed by atoms with Crippen molar-refractivity contribution in [2.75, 3.05) is 25.2 Å². The van der Waals surface area contributed by atoms with Gasteiger partial charge in [0, 0.05) is 19.9 Å². The predicted molar refractivity (Wildman–Crippen MR) is 65.6 cm³/mol. The van der Waals surface area contributed by atoms with Gasteiger partial charge in [0.1, 0.15) is 5.82 Å². The Morgan fingerprint density at radius 1 is 1.69 bits per heavy atom. The first kappa shape index (κ1) is 11.8. The number of hydrogen-bond acceptors (Lipinski definition) is 4. The minimum atomic E-state index is 0.0937. The first-order chi connectivity index (χ1) is 7.76. The number of rotatable bonds is 3. The lowest BCUT2D eigenvalue weighted by Crippen LogP contribution is -2.33. The van der Waals surface area contributed by atoms with Crippen molar-refractivity contribution >= 4 is 21.7 Å². The van der Waals surface area contributed by atoms with Gasteiger partial charge >= 0.3 is 0 Å². The van der Waals surface area contributed by atoms with Crippen LogP contribution in [0.25, 0.3) is 0 Å². The van der Waals surface area contributed by atoms with E-state index < -0.39 is 0 Å². The number of aromatic nitrogens is 1. The van der Waals surface area contributed by atoms with Gasteiger partial charge in [-0.05, 0) is 34.5 Å². The lowest BCUT2D eigenvalue weighted by Gasteiger charge is -2.24. The van der Waals surface area contributed by atoms with Gasteiger partial charge in [0.05, 0.1) is 23.2 Å². The highest BCUT2D eigenvalue weighted by Gasteiger charge is 2.33. The van der Waals surface area contributed by atoms with Gasteiger partial charge < -0.3 is 14.7 Å². The lowest BCUT2D eigenvalue weighted by molar-refractivity contribution is 0.115. The number of pyridine rings is 1. The van der Waals surface area contributed by atoms with Crippen LogP contribution in [0.3, 0.4) is 0 Å².